The standard InChI is InChI=1S/C39H43N5O6S2/c1-39(30-11-7-4-8-12-30)26-43(25-35(45)44(39)33-23-34(51-36(33)38(47)48)28-9-5-3-6-10-28)52(49,50)31-17-18-32(40-24-31)27-13-15-29(16-14-27)37(46)42-21-19-41(2)20-22-42/h3,5-6,9-10,13-18,23-24,30H,4,7-8,11-12,19-22,25-26H2,1-2H3,(H,47,48). The lowest BCUT2D eigenvalue weighted by Gasteiger charge is -2.52. The average molecular weight is 742 g/mol. The van der Waals surface area contributed by atoms with E-state index in [4.69, 9.17) is 0 Å². The van der Waals surface area contributed by atoms with E-state index in [-0.39, 0.29) is 28.1 Å². The van der Waals surface area contributed by atoms with Crippen LogP contribution in [-0.4, -0.2) is 102 Å². The Kier molecular flexibility index (Phi) is 10.0. The van der Waals surface area contributed by atoms with Crippen LogP contribution in [0.5, 0.6) is 0 Å². The summed E-state index contributed by atoms with van der Waals surface area (Å²) in [6.07, 6.45) is 5.90. The zero-order valence-corrected chi connectivity index (χ0v) is 31.0. The van der Waals surface area contributed by atoms with Crippen LogP contribution in [-0.2, 0) is 14.8 Å². The summed E-state index contributed by atoms with van der Waals surface area (Å²) < 4.78 is 29.7. The molecule has 13 heteroatoms. The van der Waals surface area contributed by atoms with Gasteiger partial charge in [0.2, 0.25) is 15.9 Å². The van der Waals surface area contributed by atoms with Crippen molar-refractivity contribution in [3.63, 3.8) is 0 Å². The molecule has 2 saturated heterocycles. The second-order valence-electron chi connectivity index (χ2n) is 14.2. The lowest BCUT2D eigenvalue weighted by molar-refractivity contribution is -0.123. The number of amides is 2. The van der Waals surface area contributed by atoms with Crippen LogP contribution < -0.4 is 4.90 Å². The van der Waals surface area contributed by atoms with Crippen LogP contribution in [0.3, 0.4) is 0 Å². The summed E-state index contributed by atoms with van der Waals surface area (Å²) in [5.74, 6) is -1.63. The Bertz CT molecular complexity index is 2060. The molecule has 0 spiro atoms. The molecule has 0 bridgehead atoms. The normalized spacial score (nSPS) is 21.0. The summed E-state index contributed by atoms with van der Waals surface area (Å²) in [7, 11) is -2.11. The zero-order valence-electron chi connectivity index (χ0n) is 29.4. The van der Waals surface area contributed by atoms with Gasteiger partial charge in [-0.2, -0.15) is 4.31 Å². The van der Waals surface area contributed by atoms with Crippen molar-refractivity contribution in [2.24, 2.45) is 5.92 Å². The molecule has 1 unspecified atom stereocenters. The number of rotatable bonds is 8. The van der Waals surface area contributed by atoms with E-state index in [0.717, 1.165) is 72.5 Å². The quantitative estimate of drug-likeness (QED) is 0.235. The summed E-state index contributed by atoms with van der Waals surface area (Å²) in [6.45, 7) is 4.54. The van der Waals surface area contributed by atoms with Crippen molar-refractivity contribution in [3.8, 4) is 21.7 Å². The van der Waals surface area contributed by atoms with Crippen molar-refractivity contribution >= 4 is 44.8 Å². The number of hydrogen-bond donors (Lipinski definition) is 1. The number of aromatic nitrogens is 1. The fraction of sp³-hybridized carbons (Fsp3) is 0.385. The first-order chi connectivity index (χ1) is 25.0. The number of carbonyl (C=O) groups excluding carboxylic acids is 2. The van der Waals surface area contributed by atoms with E-state index in [1.54, 1.807) is 29.2 Å². The number of hydrogen-bond acceptors (Lipinski definition) is 8. The fourth-order valence-electron chi connectivity index (χ4n) is 7.88. The van der Waals surface area contributed by atoms with Gasteiger partial charge in [-0.25, -0.2) is 13.2 Å². The number of benzene rings is 2. The maximum absolute atomic E-state index is 14.3. The van der Waals surface area contributed by atoms with Gasteiger partial charge in [-0.1, -0.05) is 61.7 Å². The van der Waals surface area contributed by atoms with Gasteiger partial charge in [-0.3, -0.25) is 14.6 Å². The number of carboxylic acid groups (broad SMARTS) is 1. The molecule has 7 rings (SSSR count). The third-order valence-corrected chi connectivity index (χ3v) is 13.8. The molecule has 3 aliphatic rings. The maximum atomic E-state index is 14.3. The van der Waals surface area contributed by atoms with Crippen LogP contribution in [0.15, 0.2) is 83.9 Å². The molecule has 52 heavy (non-hydrogen) atoms. The third-order valence-electron chi connectivity index (χ3n) is 10.9. The van der Waals surface area contributed by atoms with E-state index >= 15 is 0 Å². The van der Waals surface area contributed by atoms with E-state index < -0.39 is 34.0 Å². The largest absolute Gasteiger partial charge is 0.477 e. The van der Waals surface area contributed by atoms with Gasteiger partial charge in [-0.05, 0) is 68.6 Å². The summed E-state index contributed by atoms with van der Waals surface area (Å²) in [5.41, 5.74) is 2.06. The number of pyridine rings is 1. The summed E-state index contributed by atoms with van der Waals surface area (Å²) in [5, 5.41) is 10.3. The van der Waals surface area contributed by atoms with Crippen LogP contribution in [0.25, 0.3) is 21.7 Å². The first kappa shape index (κ1) is 36.0. The molecular formula is C39H43N5O6S2. The average Bonchev–Trinajstić information content (AvgIpc) is 3.61. The Morgan fingerprint density at radius 3 is 2.23 bits per heavy atom. The molecule has 11 nitrogen and oxygen atoms in total. The van der Waals surface area contributed by atoms with Gasteiger partial charge in [0.05, 0.1) is 23.5 Å². The smallest absolute Gasteiger partial charge is 0.348 e. The Morgan fingerprint density at radius 2 is 1.60 bits per heavy atom. The Hall–Kier alpha value is -4.43. The number of nitrogens with zero attached hydrogens (tertiary/aromatic N) is 5. The Morgan fingerprint density at radius 1 is 0.904 bits per heavy atom. The predicted octanol–water partition coefficient (Wildman–Crippen LogP) is 5.94. The van der Waals surface area contributed by atoms with E-state index in [1.165, 1.54) is 16.6 Å². The minimum absolute atomic E-state index is 0.0151. The molecule has 1 aliphatic carbocycles. The number of carboxylic acids is 1. The molecule has 4 aromatic rings. The highest BCUT2D eigenvalue weighted by Gasteiger charge is 2.51. The highest BCUT2D eigenvalue weighted by molar-refractivity contribution is 7.89. The van der Waals surface area contributed by atoms with Crippen LogP contribution >= 0.6 is 11.3 Å². The molecular weight excluding hydrogens is 699 g/mol. The Labute approximate surface area is 308 Å². The van der Waals surface area contributed by atoms with Crippen molar-refractivity contribution in [3.05, 3.63) is 89.4 Å². The summed E-state index contributed by atoms with van der Waals surface area (Å²) in [4.78, 5) is 50.8. The minimum Gasteiger partial charge on any atom is -0.477 e. The molecule has 2 aromatic heterocycles. The monoisotopic (exact) mass is 741 g/mol. The van der Waals surface area contributed by atoms with E-state index in [9.17, 15) is 27.9 Å². The van der Waals surface area contributed by atoms with Crippen LogP contribution in [0.1, 0.15) is 59.1 Å². The highest BCUT2D eigenvalue weighted by Crippen LogP contribution is 2.46. The van der Waals surface area contributed by atoms with Gasteiger partial charge in [0, 0.05) is 54.9 Å². The van der Waals surface area contributed by atoms with Crippen molar-refractivity contribution < 1.29 is 27.9 Å². The number of anilines is 1. The van der Waals surface area contributed by atoms with Crippen molar-refractivity contribution in [2.45, 2.75) is 49.5 Å². The van der Waals surface area contributed by atoms with Crippen LogP contribution in [0.2, 0.25) is 0 Å². The molecule has 1 N–H and O–H groups in total. The van der Waals surface area contributed by atoms with Gasteiger partial charge in [0.1, 0.15) is 9.77 Å². The van der Waals surface area contributed by atoms with Gasteiger partial charge in [0.15, 0.2) is 0 Å². The molecule has 1 atom stereocenters. The van der Waals surface area contributed by atoms with Gasteiger partial charge in [-0.15, -0.1) is 11.3 Å². The van der Waals surface area contributed by atoms with Crippen molar-refractivity contribution in [2.75, 3.05) is 51.2 Å². The first-order valence-corrected chi connectivity index (χ1v) is 20.0. The number of sulfonamides is 1. The molecule has 3 fully saturated rings. The number of piperazine rings is 2. The molecule has 1 saturated carbocycles. The number of likely N-dealkylation sites (N-methyl/N-ethyl adjacent to an activating group) is 1. The topological polar surface area (TPSA) is 131 Å². The maximum Gasteiger partial charge on any atom is 0.348 e. The van der Waals surface area contributed by atoms with Crippen LogP contribution in [0, 0.1) is 5.92 Å². The SMILES string of the molecule is CN1CCN(C(=O)c2ccc(-c3ccc(S(=O)(=O)N4CC(=O)N(c5cc(-c6ccccc6)sc5C(=O)O)C(C)(C5CCCCC5)C4)cn3)cc2)CC1. The molecule has 0 radical (unpaired) electrons. The second kappa shape index (κ2) is 14.5. The Balaban J connectivity index is 1.15. The highest BCUT2D eigenvalue weighted by atomic mass is 32.2. The number of aromatic carboxylic acids is 1. The molecule has 2 aliphatic heterocycles. The lowest BCUT2D eigenvalue weighted by Crippen LogP contribution is -2.68. The number of thiophene rings is 1. The van der Waals surface area contributed by atoms with E-state index in [2.05, 4.69) is 9.88 Å². The minimum atomic E-state index is -4.15. The van der Waals surface area contributed by atoms with Gasteiger partial charge >= 0.3 is 5.97 Å². The molecule has 2 aromatic carbocycles. The lowest BCUT2D eigenvalue weighted by atomic mass is 9.73. The molecule has 272 valence electrons. The molecule has 4 heterocycles. The second-order valence-corrected chi connectivity index (χ2v) is 17.2. The van der Waals surface area contributed by atoms with Gasteiger partial charge < -0.3 is 19.8 Å². The fourth-order valence-corrected chi connectivity index (χ4v) is 10.3. The summed E-state index contributed by atoms with van der Waals surface area (Å²) >= 11 is 1.12. The molecule has 2 amide bonds. The van der Waals surface area contributed by atoms with Crippen molar-refractivity contribution in [1.29, 1.82) is 0 Å². The zero-order chi connectivity index (χ0) is 36.6. The van der Waals surface area contributed by atoms with E-state index in [1.807, 2.05) is 61.3 Å². The van der Waals surface area contributed by atoms with Crippen LogP contribution in [0.4, 0.5) is 5.69 Å². The third kappa shape index (κ3) is 6.90. The number of carbonyl (C=O) groups is 3. The summed E-state index contributed by atoms with van der Waals surface area (Å²) in [6, 6.07) is 21.5. The van der Waals surface area contributed by atoms with Crippen molar-refractivity contribution in [1.82, 2.24) is 19.1 Å². The first-order valence-electron chi connectivity index (χ1n) is 17.8. The van der Waals surface area contributed by atoms with Gasteiger partial charge in [0.25, 0.3) is 5.91 Å². The van der Waals surface area contributed by atoms with E-state index in [0.29, 0.717) is 30.0 Å². The predicted molar refractivity (Wildman–Crippen MR) is 201 cm³/mol.